The van der Waals surface area contributed by atoms with E-state index >= 15 is 0 Å². The molecule has 2 aromatic rings. The maximum atomic E-state index is 5.62. The maximum Gasteiger partial charge on any atom is 0.247 e. The second-order valence-electron chi connectivity index (χ2n) is 4.22. The zero-order valence-corrected chi connectivity index (χ0v) is 11.4. The standard InChI is InChI=1S/C13H17N3OS/c1-9-3-5-11(6-4-9)13-16-15-12(17-13)8-18-10(2)7-14/h3-6,10H,7-8,14H2,1-2H3. The molecule has 0 saturated carbocycles. The van der Waals surface area contributed by atoms with Gasteiger partial charge < -0.3 is 10.2 Å². The van der Waals surface area contributed by atoms with Gasteiger partial charge in [0.25, 0.3) is 0 Å². The van der Waals surface area contributed by atoms with Crippen molar-refractivity contribution in [2.75, 3.05) is 6.54 Å². The maximum absolute atomic E-state index is 5.62. The molecule has 0 fully saturated rings. The average Bonchev–Trinajstić information content (AvgIpc) is 2.85. The summed E-state index contributed by atoms with van der Waals surface area (Å²) in [6, 6.07) is 8.04. The van der Waals surface area contributed by atoms with E-state index in [1.54, 1.807) is 11.8 Å². The van der Waals surface area contributed by atoms with E-state index in [1.807, 2.05) is 31.2 Å². The summed E-state index contributed by atoms with van der Waals surface area (Å²) in [4.78, 5) is 0. The van der Waals surface area contributed by atoms with Crippen LogP contribution in [-0.2, 0) is 5.75 Å². The first-order valence-electron chi connectivity index (χ1n) is 5.90. The molecule has 0 aliphatic rings. The number of nitrogens with zero attached hydrogens (tertiary/aromatic N) is 2. The summed E-state index contributed by atoms with van der Waals surface area (Å²) in [5.41, 5.74) is 7.73. The van der Waals surface area contributed by atoms with E-state index in [0.717, 1.165) is 5.56 Å². The highest BCUT2D eigenvalue weighted by atomic mass is 32.2. The topological polar surface area (TPSA) is 64.9 Å². The van der Waals surface area contributed by atoms with Gasteiger partial charge in [0, 0.05) is 17.4 Å². The molecular weight excluding hydrogens is 246 g/mol. The summed E-state index contributed by atoms with van der Waals surface area (Å²) in [5, 5.41) is 8.50. The lowest BCUT2D eigenvalue weighted by Gasteiger charge is -2.04. The molecular formula is C13H17N3OS. The van der Waals surface area contributed by atoms with Crippen LogP contribution in [0.1, 0.15) is 18.4 Å². The number of aromatic nitrogens is 2. The minimum atomic E-state index is 0.403. The summed E-state index contributed by atoms with van der Waals surface area (Å²) in [6.07, 6.45) is 0. The van der Waals surface area contributed by atoms with E-state index in [2.05, 4.69) is 17.1 Å². The summed E-state index contributed by atoms with van der Waals surface area (Å²) >= 11 is 1.72. The van der Waals surface area contributed by atoms with Crippen molar-refractivity contribution >= 4 is 11.8 Å². The van der Waals surface area contributed by atoms with Crippen molar-refractivity contribution in [3.8, 4) is 11.5 Å². The van der Waals surface area contributed by atoms with Gasteiger partial charge in [-0.1, -0.05) is 24.6 Å². The Morgan fingerprint density at radius 3 is 2.67 bits per heavy atom. The van der Waals surface area contributed by atoms with Crippen molar-refractivity contribution in [3.63, 3.8) is 0 Å². The molecule has 96 valence electrons. The molecule has 0 saturated heterocycles. The highest BCUT2D eigenvalue weighted by molar-refractivity contribution is 7.99. The Morgan fingerprint density at radius 1 is 1.28 bits per heavy atom. The molecule has 1 aromatic carbocycles. The lowest BCUT2D eigenvalue weighted by Crippen LogP contribution is -2.12. The zero-order valence-electron chi connectivity index (χ0n) is 10.6. The molecule has 0 aliphatic carbocycles. The van der Waals surface area contributed by atoms with Gasteiger partial charge in [-0.15, -0.1) is 22.0 Å². The number of hydrogen-bond donors (Lipinski definition) is 1. The minimum absolute atomic E-state index is 0.403. The van der Waals surface area contributed by atoms with Crippen LogP contribution in [0.3, 0.4) is 0 Å². The molecule has 4 nitrogen and oxygen atoms in total. The van der Waals surface area contributed by atoms with Crippen molar-refractivity contribution in [3.05, 3.63) is 35.7 Å². The van der Waals surface area contributed by atoms with Crippen LogP contribution in [0, 0.1) is 6.92 Å². The third-order valence-corrected chi connectivity index (χ3v) is 3.76. The fourth-order valence-corrected chi connectivity index (χ4v) is 2.09. The average molecular weight is 263 g/mol. The molecule has 2 rings (SSSR count). The monoisotopic (exact) mass is 263 g/mol. The van der Waals surface area contributed by atoms with Gasteiger partial charge in [0.1, 0.15) is 0 Å². The summed E-state index contributed by atoms with van der Waals surface area (Å²) in [7, 11) is 0. The van der Waals surface area contributed by atoms with Crippen molar-refractivity contribution in [2.24, 2.45) is 5.73 Å². The van der Waals surface area contributed by atoms with Crippen molar-refractivity contribution in [2.45, 2.75) is 24.9 Å². The minimum Gasteiger partial charge on any atom is -0.420 e. The smallest absolute Gasteiger partial charge is 0.247 e. The van der Waals surface area contributed by atoms with E-state index < -0.39 is 0 Å². The lowest BCUT2D eigenvalue weighted by atomic mass is 10.1. The summed E-state index contributed by atoms with van der Waals surface area (Å²) < 4.78 is 5.62. The SMILES string of the molecule is Cc1ccc(-c2nnc(CSC(C)CN)o2)cc1. The summed E-state index contributed by atoms with van der Waals surface area (Å²) in [6.45, 7) is 4.79. The van der Waals surface area contributed by atoms with Crippen LogP contribution in [-0.4, -0.2) is 22.0 Å². The predicted octanol–water partition coefficient (Wildman–Crippen LogP) is 2.63. The van der Waals surface area contributed by atoms with Gasteiger partial charge in [0.15, 0.2) is 0 Å². The van der Waals surface area contributed by atoms with Crippen LogP contribution in [0.5, 0.6) is 0 Å². The van der Waals surface area contributed by atoms with Gasteiger partial charge >= 0.3 is 0 Å². The van der Waals surface area contributed by atoms with E-state index in [0.29, 0.717) is 29.3 Å². The number of aryl methyl sites for hydroxylation is 1. The summed E-state index contributed by atoms with van der Waals surface area (Å²) in [5.74, 6) is 1.93. The van der Waals surface area contributed by atoms with Crippen molar-refractivity contribution in [1.82, 2.24) is 10.2 Å². The molecule has 0 radical (unpaired) electrons. The number of benzene rings is 1. The van der Waals surface area contributed by atoms with E-state index in [-0.39, 0.29) is 0 Å². The first-order chi connectivity index (χ1) is 8.69. The fraction of sp³-hybridized carbons (Fsp3) is 0.385. The number of thioether (sulfide) groups is 1. The van der Waals surface area contributed by atoms with Crippen LogP contribution in [0.4, 0.5) is 0 Å². The van der Waals surface area contributed by atoms with Gasteiger partial charge in [0.05, 0.1) is 5.75 Å². The van der Waals surface area contributed by atoms with E-state index in [1.165, 1.54) is 5.56 Å². The second-order valence-corrected chi connectivity index (χ2v) is 5.65. The lowest BCUT2D eigenvalue weighted by molar-refractivity contribution is 0.528. The quantitative estimate of drug-likeness (QED) is 0.898. The van der Waals surface area contributed by atoms with Gasteiger partial charge in [-0.25, -0.2) is 0 Å². The van der Waals surface area contributed by atoms with E-state index in [9.17, 15) is 0 Å². The first kappa shape index (κ1) is 13.1. The van der Waals surface area contributed by atoms with E-state index in [4.69, 9.17) is 10.2 Å². The Balaban J connectivity index is 2.03. The van der Waals surface area contributed by atoms with Gasteiger partial charge in [-0.05, 0) is 19.1 Å². The molecule has 0 amide bonds. The molecule has 1 atom stereocenters. The van der Waals surface area contributed by atoms with Crippen molar-refractivity contribution < 1.29 is 4.42 Å². The van der Waals surface area contributed by atoms with Gasteiger partial charge in [-0.3, -0.25) is 0 Å². The molecule has 1 heterocycles. The third-order valence-electron chi connectivity index (χ3n) is 2.59. The molecule has 2 N–H and O–H groups in total. The van der Waals surface area contributed by atoms with Gasteiger partial charge in [0.2, 0.25) is 11.8 Å². The zero-order chi connectivity index (χ0) is 13.0. The molecule has 5 heteroatoms. The normalized spacial score (nSPS) is 12.6. The van der Waals surface area contributed by atoms with Gasteiger partial charge in [-0.2, -0.15) is 0 Å². The largest absolute Gasteiger partial charge is 0.420 e. The highest BCUT2D eigenvalue weighted by Gasteiger charge is 2.09. The first-order valence-corrected chi connectivity index (χ1v) is 6.95. The van der Waals surface area contributed by atoms with Crippen LogP contribution in [0.25, 0.3) is 11.5 Å². The van der Waals surface area contributed by atoms with Crippen LogP contribution < -0.4 is 5.73 Å². The Bertz CT molecular complexity index is 495. The van der Waals surface area contributed by atoms with Crippen LogP contribution >= 0.6 is 11.8 Å². The Hall–Kier alpha value is -1.33. The molecule has 0 aliphatic heterocycles. The Labute approximate surface area is 111 Å². The molecule has 0 bridgehead atoms. The number of hydrogen-bond acceptors (Lipinski definition) is 5. The number of rotatable bonds is 5. The predicted molar refractivity (Wildman–Crippen MR) is 74.3 cm³/mol. The second kappa shape index (κ2) is 6.02. The Morgan fingerprint density at radius 2 is 2.00 bits per heavy atom. The molecule has 0 spiro atoms. The Kier molecular flexibility index (Phi) is 4.38. The highest BCUT2D eigenvalue weighted by Crippen LogP contribution is 2.21. The fourth-order valence-electron chi connectivity index (χ4n) is 1.41. The van der Waals surface area contributed by atoms with Crippen LogP contribution in [0.2, 0.25) is 0 Å². The molecule has 1 aromatic heterocycles. The van der Waals surface area contributed by atoms with Crippen molar-refractivity contribution in [1.29, 1.82) is 0 Å². The molecule has 1 unspecified atom stereocenters. The van der Waals surface area contributed by atoms with Crippen LogP contribution in [0.15, 0.2) is 28.7 Å². The molecule has 18 heavy (non-hydrogen) atoms. The third kappa shape index (κ3) is 3.34. The number of nitrogens with two attached hydrogens (primary N) is 1.